The summed E-state index contributed by atoms with van der Waals surface area (Å²) in [4.78, 5) is 15.0. The van der Waals surface area contributed by atoms with Crippen molar-refractivity contribution in [1.29, 1.82) is 0 Å². The van der Waals surface area contributed by atoms with Crippen LogP contribution in [0.1, 0.15) is 0 Å². The zero-order valence-electron chi connectivity index (χ0n) is 33.9. The minimum atomic E-state index is 0.657. The predicted octanol–water partition coefficient (Wildman–Crippen LogP) is 15.1. The minimum absolute atomic E-state index is 0.657. The van der Waals surface area contributed by atoms with Gasteiger partial charge in [0.1, 0.15) is 0 Å². The molecule has 0 amide bonds. The van der Waals surface area contributed by atoms with Gasteiger partial charge in [0.05, 0.1) is 22.1 Å². The molecule has 0 aliphatic rings. The summed E-state index contributed by atoms with van der Waals surface area (Å²) < 4.78 is 7.31. The van der Waals surface area contributed by atoms with Crippen LogP contribution in [-0.4, -0.2) is 24.1 Å². The first-order valence-electron chi connectivity index (χ1n) is 21.2. The van der Waals surface area contributed by atoms with E-state index in [4.69, 9.17) is 15.0 Å². The van der Waals surface area contributed by atoms with E-state index in [2.05, 4.69) is 161 Å². The molecule has 0 bridgehead atoms. The van der Waals surface area contributed by atoms with Crippen molar-refractivity contribution in [2.75, 3.05) is 0 Å². The van der Waals surface area contributed by atoms with Crippen LogP contribution in [0.3, 0.4) is 0 Å². The molecule has 63 heavy (non-hydrogen) atoms. The van der Waals surface area contributed by atoms with E-state index in [0.717, 1.165) is 28.1 Å². The van der Waals surface area contributed by atoms with E-state index in [1.807, 2.05) is 72.0 Å². The monoisotopic (exact) mass is 821 g/mol. The van der Waals surface area contributed by atoms with Gasteiger partial charge in [-0.2, -0.15) is 0 Å². The third kappa shape index (κ3) is 5.80. The Balaban J connectivity index is 0.996. The van der Waals surface area contributed by atoms with Gasteiger partial charge in [-0.3, -0.25) is 0 Å². The summed E-state index contributed by atoms with van der Waals surface area (Å²) >= 11 is 1.82. The number of hydrogen-bond donors (Lipinski definition) is 0. The maximum atomic E-state index is 5.03. The van der Waals surface area contributed by atoms with Crippen LogP contribution >= 0.6 is 11.3 Å². The van der Waals surface area contributed by atoms with Gasteiger partial charge in [-0.05, 0) is 65.7 Å². The van der Waals surface area contributed by atoms with Crippen molar-refractivity contribution in [3.8, 4) is 56.7 Å². The Morgan fingerprint density at radius 2 is 0.762 bits per heavy atom. The third-order valence-electron chi connectivity index (χ3n) is 12.4. The highest BCUT2D eigenvalue weighted by molar-refractivity contribution is 7.26. The molecule has 9 aromatic carbocycles. The Morgan fingerprint density at radius 1 is 0.270 bits per heavy atom. The highest BCUT2D eigenvalue weighted by Gasteiger charge is 2.20. The van der Waals surface area contributed by atoms with Crippen molar-refractivity contribution < 1.29 is 0 Å². The van der Waals surface area contributed by atoms with Gasteiger partial charge in [-0.1, -0.05) is 158 Å². The van der Waals surface area contributed by atoms with Crippen LogP contribution in [0.15, 0.2) is 212 Å². The Bertz CT molecular complexity index is 3830. The molecule has 6 heteroatoms. The summed E-state index contributed by atoms with van der Waals surface area (Å²) in [6.45, 7) is 0. The number of benzene rings is 9. The number of nitrogens with zero attached hydrogens (tertiary/aromatic N) is 5. The smallest absolute Gasteiger partial charge is 0.164 e. The zero-order valence-corrected chi connectivity index (χ0v) is 34.7. The highest BCUT2D eigenvalue weighted by Crippen LogP contribution is 2.43. The SMILES string of the molecule is c1ccc(-c2ccc3c4ccccc4n(-c4ccc5c6cc7sc8cc(-c9nc(-c%10ccccc%10)nc(-c%10ccccc%10)n9)ccc8c7cc6n(-c6ccccc6)c5c4)c3c2)cc1. The van der Waals surface area contributed by atoms with Crippen molar-refractivity contribution in [1.82, 2.24) is 24.1 Å². The lowest BCUT2D eigenvalue weighted by Crippen LogP contribution is -1.99. The second-order valence-corrected chi connectivity index (χ2v) is 17.1. The molecule has 13 aromatic rings. The van der Waals surface area contributed by atoms with Crippen LogP contribution in [0.5, 0.6) is 0 Å². The minimum Gasteiger partial charge on any atom is -0.309 e. The van der Waals surface area contributed by atoms with Crippen LogP contribution in [0.4, 0.5) is 0 Å². The molecule has 0 aliphatic heterocycles. The maximum Gasteiger partial charge on any atom is 0.164 e. The summed E-state index contributed by atoms with van der Waals surface area (Å²) in [5.74, 6) is 1.97. The Hall–Kier alpha value is -8.19. The Morgan fingerprint density at radius 3 is 1.48 bits per heavy atom. The molecular weight excluding hydrogens is 787 g/mol. The fourth-order valence-electron chi connectivity index (χ4n) is 9.40. The number of rotatable bonds is 6. The van der Waals surface area contributed by atoms with Crippen molar-refractivity contribution in [2.24, 2.45) is 0 Å². The topological polar surface area (TPSA) is 48.5 Å². The van der Waals surface area contributed by atoms with E-state index < -0.39 is 0 Å². The average Bonchev–Trinajstić information content (AvgIpc) is 4.00. The molecule has 0 radical (unpaired) electrons. The van der Waals surface area contributed by atoms with Crippen LogP contribution in [0.2, 0.25) is 0 Å². The summed E-state index contributed by atoms with van der Waals surface area (Å²) in [7, 11) is 0. The first-order valence-corrected chi connectivity index (χ1v) is 22.0. The summed E-state index contributed by atoms with van der Waals surface area (Å²) in [6.07, 6.45) is 0. The highest BCUT2D eigenvalue weighted by atomic mass is 32.1. The van der Waals surface area contributed by atoms with E-state index >= 15 is 0 Å². The molecule has 0 unspecified atom stereocenters. The zero-order chi connectivity index (χ0) is 41.4. The predicted molar refractivity (Wildman–Crippen MR) is 263 cm³/mol. The number of hydrogen-bond acceptors (Lipinski definition) is 4. The lowest BCUT2D eigenvalue weighted by Gasteiger charge is -2.12. The van der Waals surface area contributed by atoms with E-state index in [-0.39, 0.29) is 0 Å². The Labute approximate surface area is 366 Å². The van der Waals surface area contributed by atoms with Crippen molar-refractivity contribution >= 4 is 75.1 Å². The first-order chi connectivity index (χ1) is 31.2. The molecule has 0 saturated carbocycles. The largest absolute Gasteiger partial charge is 0.309 e. The van der Waals surface area contributed by atoms with Crippen molar-refractivity contribution in [3.63, 3.8) is 0 Å². The fourth-order valence-corrected chi connectivity index (χ4v) is 10.6. The number of para-hydroxylation sites is 2. The maximum absolute atomic E-state index is 5.03. The van der Waals surface area contributed by atoms with Gasteiger partial charge in [0.15, 0.2) is 17.5 Å². The van der Waals surface area contributed by atoms with E-state index in [1.165, 1.54) is 74.9 Å². The van der Waals surface area contributed by atoms with Crippen LogP contribution in [-0.2, 0) is 0 Å². The number of fused-ring (bicyclic) bond motifs is 9. The normalized spacial score (nSPS) is 11.8. The summed E-state index contributed by atoms with van der Waals surface area (Å²) in [5.41, 5.74) is 12.3. The number of thiophene rings is 1. The van der Waals surface area contributed by atoms with Gasteiger partial charge in [-0.25, -0.2) is 15.0 Å². The molecular formula is C57H35N5S. The molecule has 294 valence electrons. The molecule has 0 saturated heterocycles. The van der Waals surface area contributed by atoms with Gasteiger partial charge in [0.25, 0.3) is 0 Å². The number of aromatic nitrogens is 5. The standard InChI is InChI=1S/C57H35N5S/c1-5-15-36(16-6-1)39-25-28-44-43-23-13-14-24-49(43)62(50(44)31-39)42-27-30-45-47-35-54-48(34-52(47)61(51(45)33-42)41-21-11-4-12-22-41)46-29-26-40(32-53(46)63-54)57-59-55(37-17-7-2-8-18-37)58-56(60-57)38-19-9-3-10-20-38/h1-35H. The van der Waals surface area contributed by atoms with Crippen LogP contribution in [0.25, 0.3) is 120 Å². The Kier molecular flexibility index (Phi) is 8.01. The second-order valence-electron chi connectivity index (χ2n) is 16.0. The lowest BCUT2D eigenvalue weighted by molar-refractivity contribution is 1.07. The van der Waals surface area contributed by atoms with Gasteiger partial charge in [-0.15, -0.1) is 11.3 Å². The van der Waals surface area contributed by atoms with E-state index in [9.17, 15) is 0 Å². The van der Waals surface area contributed by atoms with Gasteiger partial charge < -0.3 is 9.13 Å². The van der Waals surface area contributed by atoms with Gasteiger partial charge in [0.2, 0.25) is 0 Å². The molecule has 13 rings (SSSR count). The molecule has 5 nitrogen and oxygen atoms in total. The average molecular weight is 822 g/mol. The molecule has 4 heterocycles. The lowest BCUT2D eigenvalue weighted by atomic mass is 10.0. The summed E-state index contributed by atoms with van der Waals surface area (Å²) in [5, 5.41) is 7.38. The van der Waals surface area contributed by atoms with Crippen LogP contribution < -0.4 is 0 Å². The van der Waals surface area contributed by atoms with E-state index in [0.29, 0.717) is 17.5 Å². The molecule has 4 aromatic heterocycles. The van der Waals surface area contributed by atoms with Gasteiger partial charge >= 0.3 is 0 Å². The van der Waals surface area contributed by atoms with Gasteiger partial charge in [0, 0.05) is 69.8 Å². The van der Waals surface area contributed by atoms with Crippen molar-refractivity contribution in [2.45, 2.75) is 0 Å². The van der Waals surface area contributed by atoms with E-state index in [1.54, 1.807) is 0 Å². The molecule has 0 atom stereocenters. The molecule has 0 N–H and O–H groups in total. The van der Waals surface area contributed by atoms with Crippen LogP contribution in [0, 0.1) is 0 Å². The second kappa shape index (κ2) is 14.2. The van der Waals surface area contributed by atoms with Crippen molar-refractivity contribution in [3.05, 3.63) is 212 Å². The first kappa shape index (κ1) is 35.6. The quantitative estimate of drug-likeness (QED) is 0.168. The molecule has 0 spiro atoms. The summed E-state index contributed by atoms with van der Waals surface area (Å²) in [6, 6.07) is 75.8. The molecule has 0 aliphatic carbocycles. The third-order valence-corrected chi connectivity index (χ3v) is 13.5. The fraction of sp³-hybridized carbons (Fsp3) is 0. The molecule has 0 fully saturated rings.